The molecule has 0 spiro atoms. The van der Waals surface area contributed by atoms with E-state index < -0.39 is 12.6 Å². The minimum Gasteiger partial charge on any atom is -0.376 e. The normalized spacial score (nSPS) is 16.7. The van der Waals surface area contributed by atoms with Crippen molar-refractivity contribution in [2.24, 2.45) is 11.3 Å². The maximum Gasteiger partial charge on any atom is 0.389 e. The van der Waals surface area contributed by atoms with Crippen LogP contribution in [0.15, 0.2) is 0 Å². The number of ether oxygens (including phenoxy) is 1. The zero-order valence-electron chi connectivity index (χ0n) is 11.6. The van der Waals surface area contributed by atoms with E-state index in [-0.39, 0.29) is 24.0 Å². The first-order valence-corrected chi connectivity index (χ1v) is 6.26. The molecule has 0 aliphatic rings. The Morgan fingerprint density at radius 2 is 1.78 bits per heavy atom. The molecule has 3 nitrogen and oxygen atoms in total. The molecular formula is C12H25F3N2O. The van der Waals surface area contributed by atoms with Crippen LogP contribution in [0.25, 0.3) is 0 Å². The van der Waals surface area contributed by atoms with Crippen molar-refractivity contribution in [2.75, 3.05) is 6.61 Å². The van der Waals surface area contributed by atoms with Crippen LogP contribution in [0.4, 0.5) is 13.2 Å². The average molecular weight is 270 g/mol. The molecule has 0 saturated carbocycles. The highest BCUT2D eigenvalue weighted by Crippen LogP contribution is 2.28. The van der Waals surface area contributed by atoms with Gasteiger partial charge in [-0.15, -0.1) is 0 Å². The quantitative estimate of drug-likeness (QED) is 0.552. The summed E-state index contributed by atoms with van der Waals surface area (Å²) in [6, 6.07) is -0.271. The molecule has 0 radical (unpaired) electrons. The zero-order chi connectivity index (χ0) is 14.4. The summed E-state index contributed by atoms with van der Waals surface area (Å²) in [6.45, 7) is 8.34. The third-order valence-corrected chi connectivity index (χ3v) is 2.75. The third kappa shape index (κ3) is 7.18. The van der Waals surface area contributed by atoms with Gasteiger partial charge in [0.05, 0.1) is 6.10 Å². The van der Waals surface area contributed by atoms with Crippen LogP contribution in [-0.2, 0) is 4.74 Å². The number of nitrogens with two attached hydrogens (primary N) is 1. The second kappa shape index (κ2) is 7.31. The molecule has 0 aliphatic heterocycles. The first-order chi connectivity index (χ1) is 8.11. The second-order valence-corrected chi connectivity index (χ2v) is 5.52. The summed E-state index contributed by atoms with van der Waals surface area (Å²) in [5, 5.41) is 0. The van der Waals surface area contributed by atoms with Gasteiger partial charge in [-0.2, -0.15) is 13.2 Å². The predicted octanol–water partition coefficient (Wildman–Crippen LogP) is 3.00. The predicted molar refractivity (Wildman–Crippen MR) is 65.9 cm³/mol. The maximum absolute atomic E-state index is 12.1. The van der Waals surface area contributed by atoms with Crippen LogP contribution in [0.3, 0.4) is 0 Å². The molecule has 2 atom stereocenters. The molecule has 0 heterocycles. The van der Waals surface area contributed by atoms with Crippen molar-refractivity contribution in [3.8, 4) is 0 Å². The SMILES string of the molecule is CCOC(C(CCCC(F)(F)F)NN)C(C)(C)C. The lowest BCUT2D eigenvalue weighted by Gasteiger charge is -2.36. The zero-order valence-corrected chi connectivity index (χ0v) is 11.6. The van der Waals surface area contributed by atoms with Crippen molar-refractivity contribution in [1.29, 1.82) is 0 Å². The summed E-state index contributed by atoms with van der Waals surface area (Å²) < 4.78 is 41.9. The van der Waals surface area contributed by atoms with Gasteiger partial charge in [-0.25, -0.2) is 0 Å². The summed E-state index contributed by atoms with van der Waals surface area (Å²) in [4.78, 5) is 0. The standard InChI is InChI=1S/C12H25F3N2O/c1-5-18-10(11(2,3)4)9(17-16)7-6-8-12(13,14)15/h9-10,17H,5-8,16H2,1-4H3. The van der Waals surface area contributed by atoms with E-state index in [1.54, 1.807) is 0 Å². The van der Waals surface area contributed by atoms with Crippen LogP contribution in [0.1, 0.15) is 47.0 Å². The topological polar surface area (TPSA) is 47.3 Å². The molecule has 18 heavy (non-hydrogen) atoms. The Hall–Kier alpha value is -0.330. The molecule has 0 bridgehead atoms. The Bertz CT molecular complexity index is 226. The fraction of sp³-hybridized carbons (Fsp3) is 1.00. The first kappa shape index (κ1) is 17.7. The lowest BCUT2D eigenvalue weighted by Crippen LogP contribution is -2.50. The molecule has 3 N–H and O–H groups in total. The van der Waals surface area contributed by atoms with E-state index in [9.17, 15) is 13.2 Å². The monoisotopic (exact) mass is 270 g/mol. The highest BCUT2D eigenvalue weighted by Gasteiger charge is 2.33. The fourth-order valence-corrected chi connectivity index (χ4v) is 1.99. The number of hydrogen-bond acceptors (Lipinski definition) is 3. The molecule has 0 amide bonds. The first-order valence-electron chi connectivity index (χ1n) is 6.26. The molecule has 0 aromatic carbocycles. The van der Waals surface area contributed by atoms with Gasteiger partial charge >= 0.3 is 6.18 Å². The van der Waals surface area contributed by atoms with Crippen molar-refractivity contribution in [1.82, 2.24) is 5.43 Å². The molecule has 110 valence electrons. The Labute approximate surface area is 107 Å². The number of hydrogen-bond donors (Lipinski definition) is 2. The van der Waals surface area contributed by atoms with E-state index in [1.165, 1.54) is 0 Å². The van der Waals surface area contributed by atoms with Crippen LogP contribution in [0, 0.1) is 5.41 Å². The lowest BCUT2D eigenvalue weighted by molar-refractivity contribution is -0.136. The van der Waals surface area contributed by atoms with Gasteiger partial charge in [0.2, 0.25) is 0 Å². The lowest BCUT2D eigenvalue weighted by atomic mass is 9.83. The van der Waals surface area contributed by atoms with E-state index in [0.717, 1.165) is 0 Å². The van der Waals surface area contributed by atoms with Crippen LogP contribution < -0.4 is 11.3 Å². The molecule has 0 aromatic rings. The summed E-state index contributed by atoms with van der Waals surface area (Å²) in [5.41, 5.74) is 2.41. The van der Waals surface area contributed by atoms with Crippen molar-refractivity contribution in [2.45, 2.75) is 65.3 Å². The fourth-order valence-electron chi connectivity index (χ4n) is 1.99. The summed E-state index contributed by atoms with van der Waals surface area (Å²) in [7, 11) is 0. The molecule has 0 rings (SSSR count). The van der Waals surface area contributed by atoms with E-state index >= 15 is 0 Å². The smallest absolute Gasteiger partial charge is 0.376 e. The van der Waals surface area contributed by atoms with E-state index in [1.807, 2.05) is 27.7 Å². The van der Waals surface area contributed by atoms with E-state index in [4.69, 9.17) is 10.6 Å². The summed E-state index contributed by atoms with van der Waals surface area (Å²) in [6.07, 6.45) is -4.70. The van der Waals surface area contributed by atoms with Gasteiger partial charge in [0.25, 0.3) is 0 Å². The number of alkyl halides is 3. The third-order valence-electron chi connectivity index (χ3n) is 2.75. The minimum atomic E-state index is -4.11. The molecule has 0 fully saturated rings. The maximum atomic E-state index is 12.1. The Kier molecular flexibility index (Phi) is 7.17. The van der Waals surface area contributed by atoms with Crippen molar-refractivity contribution in [3.63, 3.8) is 0 Å². The van der Waals surface area contributed by atoms with Gasteiger partial charge in [-0.05, 0) is 25.2 Å². The Morgan fingerprint density at radius 1 is 1.22 bits per heavy atom. The van der Waals surface area contributed by atoms with Gasteiger partial charge < -0.3 is 4.74 Å². The van der Waals surface area contributed by atoms with Gasteiger partial charge in [-0.1, -0.05) is 20.8 Å². The number of rotatable bonds is 7. The minimum absolute atomic E-state index is 0.0536. The van der Waals surface area contributed by atoms with Crippen LogP contribution >= 0.6 is 0 Å². The molecule has 2 unspecified atom stereocenters. The van der Waals surface area contributed by atoms with Gasteiger partial charge in [0, 0.05) is 19.1 Å². The molecule has 6 heteroatoms. The number of hydrazine groups is 1. The largest absolute Gasteiger partial charge is 0.389 e. The van der Waals surface area contributed by atoms with Gasteiger partial charge in [0.15, 0.2) is 0 Å². The highest BCUT2D eigenvalue weighted by molar-refractivity contribution is 4.85. The summed E-state index contributed by atoms with van der Waals surface area (Å²) >= 11 is 0. The number of nitrogens with one attached hydrogen (secondary N) is 1. The van der Waals surface area contributed by atoms with Crippen LogP contribution in [0.2, 0.25) is 0 Å². The van der Waals surface area contributed by atoms with Crippen molar-refractivity contribution < 1.29 is 17.9 Å². The van der Waals surface area contributed by atoms with Crippen molar-refractivity contribution in [3.05, 3.63) is 0 Å². The second-order valence-electron chi connectivity index (χ2n) is 5.52. The number of halogens is 3. The van der Waals surface area contributed by atoms with E-state index in [2.05, 4.69) is 5.43 Å². The van der Waals surface area contributed by atoms with Crippen LogP contribution in [-0.4, -0.2) is 24.9 Å². The highest BCUT2D eigenvalue weighted by atomic mass is 19.4. The molecule has 0 aliphatic carbocycles. The summed E-state index contributed by atoms with van der Waals surface area (Å²) in [5.74, 6) is 5.44. The molecular weight excluding hydrogens is 245 g/mol. The van der Waals surface area contributed by atoms with Gasteiger partial charge in [-0.3, -0.25) is 11.3 Å². The Balaban J connectivity index is 4.43. The van der Waals surface area contributed by atoms with Gasteiger partial charge in [0.1, 0.15) is 0 Å². The molecule has 0 aromatic heterocycles. The Morgan fingerprint density at radius 3 is 2.11 bits per heavy atom. The van der Waals surface area contributed by atoms with E-state index in [0.29, 0.717) is 13.0 Å². The van der Waals surface area contributed by atoms with Crippen LogP contribution in [0.5, 0.6) is 0 Å². The molecule has 0 saturated heterocycles. The average Bonchev–Trinajstić information content (AvgIpc) is 2.18. The van der Waals surface area contributed by atoms with Crippen molar-refractivity contribution >= 4 is 0 Å².